The summed E-state index contributed by atoms with van der Waals surface area (Å²) in [4.78, 5) is 1.06. The first kappa shape index (κ1) is 14.5. The molecule has 0 aliphatic heterocycles. The van der Waals surface area contributed by atoms with Crippen LogP contribution in [0.25, 0.3) is 0 Å². The molecular formula is C13H19ClN4S. The number of hydrogen-bond donors (Lipinski definition) is 2. The van der Waals surface area contributed by atoms with Gasteiger partial charge in [0.05, 0.1) is 16.8 Å². The van der Waals surface area contributed by atoms with Crippen LogP contribution in [0.5, 0.6) is 0 Å². The van der Waals surface area contributed by atoms with E-state index in [1.807, 2.05) is 28.4 Å². The standard InChI is InChI=1S/C13H19ClN4S/c1-3-9(2)18-6-4-10(17-18)8-12(16-15)13-11(14)5-7-19-13/h4-7,9,12,16H,3,8,15H2,1-2H3. The molecule has 0 saturated carbocycles. The van der Waals surface area contributed by atoms with Gasteiger partial charge < -0.3 is 0 Å². The molecular weight excluding hydrogens is 280 g/mol. The van der Waals surface area contributed by atoms with Crippen molar-refractivity contribution >= 4 is 22.9 Å². The summed E-state index contributed by atoms with van der Waals surface area (Å²) in [7, 11) is 0. The molecule has 0 aliphatic rings. The first-order valence-corrected chi connectivity index (χ1v) is 7.64. The lowest BCUT2D eigenvalue weighted by atomic mass is 10.1. The van der Waals surface area contributed by atoms with Gasteiger partial charge in [0.2, 0.25) is 0 Å². The van der Waals surface area contributed by atoms with E-state index in [-0.39, 0.29) is 6.04 Å². The van der Waals surface area contributed by atoms with Gasteiger partial charge in [0, 0.05) is 23.5 Å². The summed E-state index contributed by atoms with van der Waals surface area (Å²) in [5.41, 5.74) is 3.84. The number of thiophene rings is 1. The number of nitrogens with zero attached hydrogens (tertiary/aromatic N) is 2. The van der Waals surface area contributed by atoms with Crippen LogP contribution in [-0.2, 0) is 6.42 Å². The maximum Gasteiger partial charge on any atom is 0.0644 e. The molecule has 2 aromatic rings. The fraction of sp³-hybridized carbons (Fsp3) is 0.462. The van der Waals surface area contributed by atoms with Crippen LogP contribution in [0.4, 0.5) is 0 Å². The lowest BCUT2D eigenvalue weighted by Gasteiger charge is -2.14. The third kappa shape index (κ3) is 3.36. The Morgan fingerprint density at radius 2 is 2.32 bits per heavy atom. The average Bonchev–Trinajstić information content (AvgIpc) is 3.04. The average molecular weight is 299 g/mol. The van der Waals surface area contributed by atoms with Crippen molar-refractivity contribution in [1.82, 2.24) is 15.2 Å². The van der Waals surface area contributed by atoms with E-state index in [1.165, 1.54) is 0 Å². The number of rotatable bonds is 6. The second-order valence-corrected chi connectivity index (χ2v) is 5.96. The Hall–Kier alpha value is -0.880. The highest BCUT2D eigenvalue weighted by molar-refractivity contribution is 7.10. The Bertz CT molecular complexity index is 522. The van der Waals surface area contributed by atoms with Crippen molar-refractivity contribution in [3.05, 3.63) is 39.3 Å². The zero-order chi connectivity index (χ0) is 13.8. The number of halogens is 1. The number of nitrogens with two attached hydrogens (primary N) is 1. The molecule has 2 heterocycles. The van der Waals surface area contributed by atoms with Gasteiger partial charge in [-0.25, -0.2) is 0 Å². The lowest BCUT2D eigenvalue weighted by molar-refractivity contribution is 0.467. The zero-order valence-corrected chi connectivity index (χ0v) is 12.7. The molecule has 2 unspecified atom stereocenters. The van der Waals surface area contributed by atoms with Crippen molar-refractivity contribution in [2.75, 3.05) is 0 Å². The summed E-state index contributed by atoms with van der Waals surface area (Å²) in [5, 5.41) is 7.32. The molecule has 0 radical (unpaired) electrons. The Balaban J connectivity index is 2.11. The van der Waals surface area contributed by atoms with Gasteiger partial charge in [-0.2, -0.15) is 5.10 Å². The molecule has 0 bridgehead atoms. The van der Waals surface area contributed by atoms with Gasteiger partial charge in [-0.1, -0.05) is 18.5 Å². The second-order valence-electron chi connectivity index (χ2n) is 4.60. The number of hydrazine groups is 1. The van der Waals surface area contributed by atoms with Crippen LogP contribution in [0.15, 0.2) is 23.7 Å². The van der Waals surface area contributed by atoms with Crippen molar-refractivity contribution in [2.24, 2.45) is 5.84 Å². The Morgan fingerprint density at radius 1 is 1.53 bits per heavy atom. The van der Waals surface area contributed by atoms with Gasteiger partial charge in [-0.15, -0.1) is 11.3 Å². The Morgan fingerprint density at radius 3 is 2.89 bits per heavy atom. The van der Waals surface area contributed by atoms with E-state index in [1.54, 1.807) is 11.3 Å². The summed E-state index contributed by atoms with van der Waals surface area (Å²) >= 11 is 7.76. The van der Waals surface area contributed by atoms with E-state index in [0.29, 0.717) is 6.04 Å². The molecule has 4 nitrogen and oxygen atoms in total. The maximum absolute atomic E-state index is 6.15. The van der Waals surface area contributed by atoms with Crippen molar-refractivity contribution in [2.45, 2.75) is 38.8 Å². The van der Waals surface area contributed by atoms with E-state index >= 15 is 0 Å². The predicted octanol–water partition coefficient (Wildman–Crippen LogP) is 3.32. The maximum atomic E-state index is 6.15. The van der Waals surface area contributed by atoms with Crippen LogP contribution in [0, 0.1) is 0 Å². The summed E-state index contributed by atoms with van der Waals surface area (Å²) in [6.45, 7) is 4.31. The van der Waals surface area contributed by atoms with Crippen LogP contribution < -0.4 is 11.3 Å². The van der Waals surface area contributed by atoms with E-state index in [0.717, 1.165) is 28.4 Å². The Kier molecular flexibility index (Phi) is 4.99. The Labute approximate surface area is 122 Å². The van der Waals surface area contributed by atoms with Gasteiger partial charge in [0.15, 0.2) is 0 Å². The number of aromatic nitrogens is 2. The van der Waals surface area contributed by atoms with Crippen molar-refractivity contribution in [3.8, 4) is 0 Å². The van der Waals surface area contributed by atoms with Crippen molar-refractivity contribution in [1.29, 1.82) is 0 Å². The molecule has 0 aliphatic carbocycles. The minimum absolute atomic E-state index is 0.00721. The molecule has 104 valence electrons. The molecule has 0 amide bonds. The third-order valence-corrected chi connectivity index (χ3v) is 4.75. The minimum Gasteiger partial charge on any atom is -0.271 e. The van der Waals surface area contributed by atoms with Gasteiger partial charge in [-0.3, -0.25) is 16.0 Å². The molecule has 6 heteroatoms. The lowest BCUT2D eigenvalue weighted by Crippen LogP contribution is -2.29. The smallest absolute Gasteiger partial charge is 0.0644 e. The highest BCUT2D eigenvalue weighted by Gasteiger charge is 2.17. The SMILES string of the molecule is CCC(C)n1ccc(CC(NN)c2sccc2Cl)n1. The predicted molar refractivity (Wildman–Crippen MR) is 80.3 cm³/mol. The third-order valence-electron chi connectivity index (χ3n) is 3.28. The quantitative estimate of drug-likeness (QED) is 0.635. The summed E-state index contributed by atoms with van der Waals surface area (Å²) in [5.74, 6) is 5.64. The summed E-state index contributed by atoms with van der Waals surface area (Å²) in [6.07, 6.45) is 3.82. The van der Waals surface area contributed by atoms with Crippen LogP contribution in [0.3, 0.4) is 0 Å². The molecule has 0 spiro atoms. The minimum atomic E-state index is 0.00721. The van der Waals surface area contributed by atoms with E-state index in [9.17, 15) is 0 Å². The highest BCUT2D eigenvalue weighted by Crippen LogP contribution is 2.30. The topological polar surface area (TPSA) is 55.9 Å². The van der Waals surface area contributed by atoms with Crippen molar-refractivity contribution in [3.63, 3.8) is 0 Å². The van der Waals surface area contributed by atoms with Crippen LogP contribution in [0.1, 0.15) is 42.9 Å². The van der Waals surface area contributed by atoms with Crippen LogP contribution in [-0.4, -0.2) is 9.78 Å². The summed E-state index contributed by atoms with van der Waals surface area (Å²) in [6, 6.07) is 4.36. The van der Waals surface area contributed by atoms with Gasteiger partial charge in [0.25, 0.3) is 0 Å². The molecule has 0 fully saturated rings. The van der Waals surface area contributed by atoms with Gasteiger partial charge in [0.1, 0.15) is 0 Å². The fourth-order valence-electron chi connectivity index (χ4n) is 1.91. The van der Waals surface area contributed by atoms with Crippen molar-refractivity contribution < 1.29 is 0 Å². The molecule has 19 heavy (non-hydrogen) atoms. The first-order chi connectivity index (χ1) is 9.15. The first-order valence-electron chi connectivity index (χ1n) is 6.38. The molecule has 0 aromatic carbocycles. The number of hydrogen-bond acceptors (Lipinski definition) is 4. The fourth-order valence-corrected chi connectivity index (χ4v) is 3.16. The van der Waals surface area contributed by atoms with Gasteiger partial charge >= 0.3 is 0 Å². The molecule has 3 N–H and O–H groups in total. The molecule has 2 rings (SSSR count). The molecule has 2 aromatic heterocycles. The van der Waals surface area contributed by atoms with E-state index in [4.69, 9.17) is 17.4 Å². The van der Waals surface area contributed by atoms with Crippen LogP contribution >= 0.6 is 22.9 Å². The zero-order valence-electron chi connectivity index (χ0n) is 11.1. The molecule has 2 atom stereocenters. The monoisotopic (exact) mass is 298 g/mol. The largest absolute Gasteiger partial charge is 0.271 e. The number of nitrogens with one attached hydrogen (secondary N) is 1. The van der Waals surface area contributed by atoms with Crippen LogP contribution in [0.2, 0.25) is 5.02 Å². The van der Waals surface area contributed by atoms with E-state index in [2.05, 4.69) is 24.4 Å². The van der Waals surface area contributed by atoms with E-state index < -0.39 is 0 Å². The normalized spacial score (nSPS) is 14.5. The summed E-state index contributed by atoms with van der Waals surface area (Å²) < 4.78 is 2.00. The highest BCUT2D eigenvalue weighted by atomic mass is 35.5. The van der Waals surface area contributed by atoms with Gasteiger partial charge in [-0.05, 0) is 30.9 Å². The second kappa shape index (κ2) is 6.52. The molecule has 0 saturated heterocycles.